The van der Waals surface area contributed by atoms with Gasteiger partial charge in [-0.15, -0.1) is 0 Å². The molecule has 8 nitrogen and oxygen atoms in total. The summed E-state index contributed by atoms with van der Waals surface area (Å²) in [5.74, 6) is -1.40. The molecule has 0 spiro atoms. The molecule has 0 saturated carbocycles. The van der Waals surface area contributed by atoms with Gasteiger partial charge in [0.1, 0.15) is 22.9 Å². The van der Waals surface area contributed by atoms with Crippen LogP contribution in [0.2, 0.25) is 5.15 Å². The van der Waals surface area contributed by atoms with E-state index in [-0.39, 0.29) is 34.7 Å². The van der Waals surface area contributed by atoms with Crippen LogP contribution >= 0.6 is 11.6 Å². The molecule has 1 aromatic carbocycles. The van der Waals surface area contributed by atoms with Crippen molar-refractivity contribution in [2.75, 3.05) is 52.8 Å². The highest BCUT2D eigenvalue weighted by atomic mass is 35.5. The average molecular weight is 589 g/mol. The molecule has 0 aliphatic carbocycles. The topological polar surface area (TPSA) is 86.2 Å². The number of pyridine rings is 1. The Morgan fingerprint density at radius 1 is 1.18 bits per heavy atom. The number of hydrogen-bond donors (Lipinski definition) is 1. The van der Waals surface area contributed by atoms with Crippen LogP contribution in [0.4, 0.5) is 23.4 Å². The van der Waals surface area contributed by atoms with Gasteiger partial charge in [0.05, 0.1) is 19.2 Å². The number of piperidine rings is 1. The van der Waals surface area contributed by atoms with Crippen LogP contribution in [0, 0.1) is 5.92 Å². The SMILES string of the molecule is COc1cccc([C@@](O)(C(=O)N(C)CC(F)CC2CCN(c3ccc(C(=O)N(C)C)c(Cl)n3)CC2)C(F)(F)F)c1. The molecule has 3 rings (SSSR count). The van der Waals surface area contributed by atoms with Crippen molar-refractivity contribution in [1.82, 2.24) is 14.8 Å². The standard InChI is InChI=1S/C27H33ClF4N4O4/c1-34(2)24(37)21-8-9-22(33-23(21)28)36-12-10-17(11-13-36)14-19(29)16-35(3)25(38)26(39,27(30,31)32)18-6-5-7-20(15-18)40-4/h5-9,15,17,19,39H,10-14,16H2,1-4H3/t19?,26-/m1/s1. The second-order valence-corrected chi connectivity index (χ2v) is 10.5. The van der Waals surface area contributed by atoms with Gasteiger partial charge in [-0.1, -0.05) is 23.7 Å². The average Bonchev–Trinajstić information content (AvgIpc) is 2.91. The molecule has 220 valence electrons. The summed E-state index contributed by atoms with van der Waals surface area (Å²) in [5, 5.41) is 10.7. The van der Waals surface area contributed by atoms with Crippen LogP contribution in [0.3, 0.4) is 0 Å². The molecule has 1 aliphatic heterocycles. The van der Waals surface area contributed by atoms with Crippen LogP contribution in [-0.4, -0.2) is 91.9 Å². The number of aliphatic hydroxyl groups is 1. The second kappa shape index (κ2) is 12.6. The fourth-order valence-electron chi connectivity index (χ4n) is 4.75. The van der Waals surface area contributed by atoms with Gasteiger partial charge < -0.3 is 24.5 Å². The highest BCUT2D eigenvalue weighted by molar-refractivity contribution is 6.32. The van der Waals surface area contributed by atoms with E-state index in [4.69, 9.17) is 16.3 Å². The molecular formula is C27H33ClF4N4O4. The Morgan fingerprint density at radius 3 is 2.38 bits per heavy atom. The molecule has 2 aromatic rings. The fourth-order valence-corrected chi connectivity index (χ4v) is 4.98. The Kier molecular flexibility index (Phi) is 9.89. The maximum Gasteiger partial charge on any atom is 0.430 e. The minimum absolute atomic E-state index is 0.0285. The minimum Gasteiger partial charge on any atom is -0.497 e. The van der Waals surface area contributed by atoms with Crippen LogP contribution < -0.4 is 9.64 Å². The summed E-state index contributed by atoms with van der Waals surface area (Å²) >= 11 is 6.21. The first-order chi connectivity index (χ1) is 18.7. The largest absolute Gasteiger partial charge is 0.497 e. The van der Waals surface area contributed by atoms with Gasteiger partial charge in [-0.05, 0) is 49.4 Å². The van der Waals surface area contributed by atoms with E-state index in [1.165, 1.54) is 24.1 Å². The van der Waals surface area contributed by atoms with E-state index in [2.05, 4.69) is 4.98 Å². The lowest BCUT2D eigenvalue weighted by Crippen LogP contribution is -2.55. The summed E-state index contributed by atoms with van der Waals surface area (Å²) in [5.41, 5.74) is -4.29. The monoisotopic (exact) mass is 588 g/mol. The molecule has 1 fully saturated rings. The Hall–Kier alpha value is -3.12. The highest BCUT2D eigenvalue weighted by Gasteiger charge is 2.62. The molecule has 2 amide bonds. The Bertz CT molecular complexity index is 1210. The molecular weight excluding hydrogens is 556 g/mol. The van der Waals surface area contributed by atoms with E-state index in [1.807, 2.05) is 4.90 Å². The fraction of sp³-hybridized carbons (Fsp3) is 0.519. The smallest absolute Gasteiger partial charge is 0.430 e. The maximum absolute atomic E-state index is 15.0. The van der Waals surface area contributed by atoms with Crippen molar-refractivity contribution in [3.8, 4) is 5.75 Å². The van der Waals surface area contributed by atoms with E-state index < -0.39 is 36.0 Å². The van der Waals surface area contributed by atoms with Gasteiger partial charge in [-0.3, -0.25) is 9.59 Å². The predicted molar refractivity (Wildman–Crippen MR) is 142 cm³/mol. The summed E-state index contributed by atoms with van der Waals surface area (Å²) in [6, 6.07) is 7.81. The first-order valence-electron chi connectivity index (χ1n) is 12.7. The normalized spacial score (nSPS) is 16.7. The first kappa shape index (κ1) is 31.4. The first-order valence-corrected chi connectivity index (χ1v) is 13.0. The summed E-state index contributed by atoms with van der Waals surface area (Å²) in [6.07, 6.45) is -5.73. The Balaban J connectivity index is 1.60. The molecule has 1 N–H and O–H groups in total. The lowest BCUT2D eigenvalue weighted by atomic mass is 9.90. The zero-order valence-electron chi connectivity index (χ0n) is 22.7. The van der Waals surface area contributed by atoms with Crippen LogP contribution in [0.25, 0.3) is 0 Å². The van der Waals surface area contributed by atoms with Gasteiger partial charge in [0, 0.05) is 39.8 Å². The molecule has 1 aliphatic rings. The molecule has 2 heterocycles. The number of aromatic nitrogens is 1. The summed E-state index contributed by atoms with van der Waals surface area (Å²) in [4.78, 5) is 33.3. The number of nitrogens with zero attached hydrogens (tertiary/aromatic N) is 4. The Labute approximate surface area is 235 Å². The second-order valence-electron chi connectivity index (χ2n) is 10.1. The predicted octanol–water partition coefficient (Wildman–Crippen LogP) is 4.30. The number of amides is 2. The summed E-state index contributed by atoms with van der Waals surface area (Å²) < 4.78 is 61.9. The molecule has 1 unspecified atom stereocenters. The van der Waals surface area contributed by atoms with Gasteiger partial charge >= 0.3 is 6.18 Å². The lowest BCUT2D eigenvalue weighted by Gasteiger charge is -2.35. The molecule has 13 heteroatoms. The van der Waals surface area contributed by atoms with Gasteiger partial charge in [0.25, 0.3) is 17.4 Å². The summed E-state index contributed by atoms with van der Waals surface area (Å²) in [6.45, 7) is 0.472. The number of carbonyl (C=O) groups excluding carboxylic acids is 2. The van der Waals surface area contributed by atoms with E-state index in [9.17, 15) is 27.9 Å². The third kappa shape index (κ3) is 6.77. The van der Waals surface area contributed by atoms with Crippen molar-refractivity contribution in [2.45, 2.75) is 37.2 Å². The van der Waals surface area contributed by atoms with E-state index in [1.54, 1.807) is 26.2 Å². The quantitative estimate of drug-likeness (QED) is 0.347. The zero-order valence-corrected chi connectivity index (χ0v) is 23.5. The molecule has 0 radical (unpaired) electrons. The third-order valence-electron chi connectivity index (χ3n) is 7.02. The van der Waals surface area contributed by atoms with Crippen molar-refractivity contribution in [3.63, 3.8) is 0 Å². The van der Waals surface area contributed by atoms with Gasteiger partial charge in [0.2, 0.25) is 0 Å². The number of rotatable bonds is 9. The van der Waals surface area contributed by atoms with Gasteiger partial charge in [-0.25, -0.2) is 9.37 Å². The molecule has 2 atom stereocenters. The lowest BCUT2D eigenvalue weighted by molar-refractivity contribution is -0.261. The number of halogens is 5. The number of benzene rings is 1. The van der Waals surface area contributed by atoms with Crippen molar-refractivity contribution in [3.05, 3.63) is 52.7 Å². The molecule has 1 aromatic heterocycles. The summed E-state index contributed by atoms with van der Waals surface area (Å²) in [7, 11) is 5.50. The van der Waals surface area contributed by atoms with Crippen molar-refractivity contribution in [2.24, 2.45) is 5.92 Å². The highest BCUT2D eigenvalue weighted by Crippen LogP contribution is 2.41. The number of methoxy groups -OCH3 is 1. The molecule has 1 saturated heterocycles. The zero-order chi connectivity index (χ0) is 29.8. The van der Waals surface area contributed by atoms with Crippen LogP contribution in [0.5, 0.6) is 5.75 Å². The van der Waals surface area contributed by atoms with Crippen LogP contribution in [0.15, 0.2) is 36.4 Å². The van der Waals surface area contributed by atoms with E-state index >= 15 is 4.39 Å². The van der Waals surface area contributed by atoms with E-state index in [0.29, 0.717) is 36.6 Å². The van der Waals surface area contributed by atoms with Crippen molar-refractivity contribution in [1.29, 1.82) is 0 Å². The number of carbonyl (C=O) groups is 2. The number of anilines is 1. The number of hydrogen-bond acceptors (Lipinski definition) is 6. The number of likely N-dealkylation sites (N-methyl/N-ethyl adjacent to an activating group) is 1. The number of alkyl halides is 4. The van der Waals surface area contributed by atoms with Crippen molar-refractivity contribution < 1.29 is 37.0 Å². The molecule has 40 heavy (non-hydrogen) atoms. The third-order valence-corrected chi connectivity index (χ3v) is 7.31. The molecule has 0 bridgehead atoms. The number of ether oxygens (including phenoxy) is 1. The Morgan fingerprint density at radius 2 is 1.82 bits per heavy atom. The van der Waals surface area contributed by atoms with Crippen LogP contribution in [-0.2, 0) is 10.4 Å². The maximum atomic E-state index is 15.0. The van der Waals surface area contributed by atoms with Gasteiger partial charge in [-0.2, -0.15) is 13.2 Å². The van der Waals surface area contributed by atoms with E-state index in [0.717, 1.165) is 19.2 Å². The van der Waals surface area contributed by atoms with Crippen LogP contribution in [0.1, 0.15) is 35.2 Å². The minimum atomic E-state index is -5.35. The van der Waals surface area contributed by atoms with Crippen molar-refractivity contribution >= 4 is 29.2 Å². The van der Waals surface area contributed by atoms with Gasteiger partial charge in [0.15, 0.2) is 0 Å².